The molecule has 8 nitrogen and oxygen atoms in total. The summed E-state index contributed by atoms with van der Waals surface area (Å²) in [6, 6.07) is 17.2. The van der Waals surface area contributed by atoms with E-state index in [1.807, 2.05) is 53.2 Å². The molecule has 0 fully saturated rings. The van der Waals surface area contributed by atoms with Gasteiger partial charge in [0.2, 0.25) is 0 Å². The zero-order valence-electron chi connectivity index (χ0n) is 18.8. The number of carbonyl (C=O) groups is 1. The lowest BCUT2D eigenvalue weighted by atomic mass is 10.0. The molecule has 0 spiro atoms. The summed E-state index contributed by atoms with van der Waals surface area (Å²) >= 11 is 0.889. The fourth-order valence-corrected chi connectivity index (χ4v) is 5.38. The third kappa shape index (κ3) is 7.18. The van der Waals surface area contributed by atoms with Crippen LogP contribution < -0.4 is 10.0 Å². The molecule has 0 aliphatic carbocycles. The molecule has 0 saturated carbocycles. The Bertz CT molecular complexity index is 1280. The van der Waals surface area contributed by atoms with Gasteiger partial charge in [0.1, 0.15) is 5.01 Å². The molecular weight excluding hydrogens is 504 g/mol. The molecule has 35 heavy (non-hydrogen) atoms. The van der Waals surface area contributed by atoms with Gasteiger partial charge in [-0.2, -0.15) is 0 Å². The summed E-state index contributed by atoms with van der Waals surface area (Å²) in [5.41, 5.74) is 4.18. The second-order valence-electron chi connectivity index (χ2n) is 7.52. The van der Waals surface area contributed by atoms with Gasteiger partial charge in [-0.15, -0.1) is 22.7 Å². The third-order valence-electron chi connectivity index (χ3n) is 4.98. The van der Waals surface area contributed by atoms with Crippen LogP contribution >= 0.6 is 22.7 Å². The number of anilines is 2. The second kappa shape index (κ2) is 12.0. The number of carbonyl (C=O) groups excluding carboxylic acids is 1. The molecule has 4 aromatic rings. The number of ether oxygens (including phenoxy) is 1. The number of aromatic nitrogens is 2. The molecule has 11 heteroatoms. The molecule has 3 N–H and O–H groups in total. The van der Waals surface area contributed by atoms with Crippen LogP contribution in [0.5, 0.6) is 0 Å². The van der Waals surface area contributed by atoms with E-state index < -0.39 is 11.3 Å². The van der Waals surface area contributed by atoms with Gasteiger partial charge in [-0.1, -0.05) is 42.5 Å². The zero-order chi connectivity index (χ0) is 24.6. The maximum Gasteiger partial charge on any atom is 0.311 e. The molecule has 1 unspecified atom stereocenters. The molecule has 0 saturated heterocycles. The average Bonchev–Trinajstić information content (AvgIpc) is 3.50. The van der Waals surface area contributed by atoms with Crippen LogP contribution in [0.3, 0.4) is 0 Å². The number of nitrogens with zero attached hydrogens (tertiary/aromatic N) is 2. The first-order chi connectivity index (χ1) is 17.0. The Kier molecular flexibility index (Phi) is 8.59. The molecule has 2 aromatic carbocycles. The summed E-state index contributed by atoms with van der Waals surface area (Å²) in [6.07, 6.45) is 0.749. The highest BCUT2D eigenvalue weighted by Gasteiger charge is 2.19. The highest BCUT2D eigenvalue weighted by molar-refractivity contribution is 7.80. The zero-order valence-corrected chi connectivity index (χ0v) is 21.3. The smallest absolute Gasteiger partial charge is 0.311 e. The molecule has 2 aromatic heterocycles. The molecule has 0 amide bonds. The van der Waals surface area contributed by atoms with E-state index in [1.54, 1.807) is 30.4 Å². The minimum Gasteiger partial charge on any atom is -0.466 e. The monoisotopic (exact) mass is 528 g/mol. The van der Waals surface area contributed by atoms with Crippen molar-refractivity contribution in [1.82, 2.24) is 9.97 Å². The first-order valence-electron chi connectivity index (χ1n) is 10.8. The maximum absolute atomic E-state index is 11.8. The first kappa shape index (κ1) is 25.0. The lowest BCUT2D eigenvalue weighted by Crippen LogP contribution is -2.14. The predicted octanol–water partition coefficient (Wildman–Crippen LogP) is 5.32. The predicted molar refractivity (Wildman–Crippen MR) is 141 cm³/mol. The number of hydrogen-bond acceptors (Lipinski definition) is 8. The molecule has 182 valence electrons. The van der Waals surface area contributed by atoms with E-state index in [0.717, 1.165) is 21.8 Å². The van der Waals surface area contributed by atoms with Crippen LogP contribution in [0.15, 0.2) is 65.4 Å². The van der Waals surface area contributed by atoms with Gasteiger partial charge in [-0.3, -0.25) is 14.1 Å². The van der Waals surface area contributed by atoms with Gasteiger partial charge in [0, 0.05) is 22.0 Å². The fraction of sp³-hybridized carbons (Fsp3) is 0.208. The van der Waals surface area contributed by atoms with Crippen LogP contribution in [0.25, 0.3) is 10.6 Å². The van der Waals surface area contributed by atoms with Crippen LogP contribution in [0.1, 0.15) is 29.9 Å². The molecule has 0 aliphatic rings. The highest BCUT2D eigenvalue weighted by Crippen LogP contribution is 2.31. The molecule has 2 atom stereocenters. The number of hydrogen-bond donors (Lipinski definition) is 3. The lowest BCUT2D eigenvalue weighted by Gasteiger charge is -2.17. The van der Waals surface area contributed by atoms with Gasteiger partial charge >= 0.3 is 5.97 Å². The fourth-order valence-electron chi connectivity index (χ4n) is 3.40. The van der Waals surface area contributed by atoms with Crippen LogP contribution in [0.2, 0.25) is 0 Å². The lowest BCUT2D eigenvalue weighted by molar-refractivity contribution is -0.142. The SMILES string of the molecule is CCOC(=O)Cc1csc(N[C@@H](Cc2ccc(NS(=O)O)cc2)c2csc(-c3ccccc3)n2)n1. The van der Waals surface area contributed by atoms with E-state index in [4.69, 9.17) is 14.3 Å². The van der Waals surface area contributed by atoms with Crippen molar-refractivity contribution >= 4 is 50.7 Å². The van der Waals surface area contributed by atoms with Gasteiger partial charge in [-0.05, 0) is 31.0 Å². The van der Waals surface area contributed by atoms with Crippen molar-refractivity contribution in [3.8, 4) is 10.6 Å². The Balaban J connectivity index is 1.55. The minimum absolute atomic E-state index is 0.131. The van der Waals surface area contributed by atoms with Crippen molar-refractivity contribution in [2.24, 2.45) is 0 Å². The number of nitrogens with one attached hydrogen (secondary N) is 2. The summed E-state index contributed by atoms with van der Waals surface area (Å²) in [7, 11) is 0. The van der Waals surface area contributed by atoms with Crippen molar-refractivity contribution in [3.05, 3.63) is 82.3 Å². The van der Waals surface area contributed by atoms with Crippen LogP contribution in [-0.4, -0.2) is 31.3 Å². The highest BCUT2D eigenvalue weighted by atomic mass is 32.2. The Morgan fingerprint density at radius 2 is 1.86 bits per heavy atom. The van der Waals surface area contributed by atoms with Gasteiger partial charge in [0.05, 0.1) is 30.5 Å². The number of thiazole rings is 2. The van der Waals surface area contributed by atoms with Gasteiger partial charge in [-0.25, -0.2) is 14.2 Å². The average molecular weight is 529 g/mol. The summed E-state index contributed by atoms with van der Waals surface area (Å²) in [4.78, 5) is 21.3. The largest absolute Gasteiger partial charge is 0.466 e. The van der Waals surface area contributed by atoms with Crippen molar-refractivity contribution in [3.63, 3.8) is 0 Å². The number of benzene rings is 2. The molecular formula is C24H24N4O4S3. The van der Waals surface area contributed by atoms with Crippen LogP contribution in [0.4, 0.5) is 10.8 Å². The topological polar surface area (TPSA) is 113 Å². The maximum atomic E-state index is 11.8. The molecule has 0 bridgehead atoms. The first-order valence-corrected chi connectivity index (χ1v) is 13.7. The molecule has 0 aliphatic heterocycles. The normalized spacial score (nSPS) is 12.6. The van der Waals surface area contributed by atoms with E-state index in [0.29, 0.717) is 29.5 Å². The van der Waals surface area contributed by atoms with Crippen LogP contribution in [-0.2, 0) is 33.6 Å². The van der Waals surface area contributed by atoms with Crippen molar-refractivity contribution < 1.29 is 18.3 Å². The van der Waals surface area contributed by atoms with E-state index in [1.165, 1.54) is 11.3 Å². The Labute approximate surface area is 213 Å². The van der Waals surface area contributed by atoms with Crippen molar-refractivity contribution in [2.45, 2.75) is 25.8 Å². The summed E-state index contributed by atoms with van der Waals surface area (Å²) in [6.45, 7) is 2.12. The van der Waals surface area contributed by atoms with E-state index in [9.17, 15) is 9.00 Å². The van der Waals surface area contributed by atoms with E-state index in [-0.39, 0.29) is 18.4 Å². The van der Waals surface area contributed by atoms with Gasteiger partial charge < -0.3 is 10.1 Å². The van der Waals surface area contributed by atoms with E-state index >= 15 is 0 Å². The van der Waals surface area contributed by atoms with Crippen LogP contribution in [0, 0.1) is 0 Å². The molecule has 4 rings (SSSR count). The minimum atomic E-state index is -2.12. The second-order valence-corrected chi connectivity index (χ2v) is 9.94. The van der Waals surface area contributed by atoms with Gasteiger partial charge in [0.25, 0.3) is 11.3 Å². The standard InChI is InChI=1S/C24H24N4O4S3/c1-2-32-22(29)13-19-14-34-24(25-19)27-20(12-16-8-10-18(11-9-16)28-35(30)31)21-15-33-23(26-21)17-6-4-3-5-7-17/h3-11,14-15,20,28H,2,12-13H2,1H3,(H,25,27)(H,30,31)/t20-/m0/s1. The Hall–Kier alpha value is -3.12. The Morgan fingerprint density at radius 1 is 1.09 bits per heavy atom. The summed E-state index contributed by atoms with van der Waals surface area (Å²) in [5, 5.41) is 8.99. The van der Waals surface area contributed by atoms with E-state index in [2.05, 4.69) is 15.0 Å². The number of rotatable bonds is 11. The van der Waals surface area contributed by atoms with Gasteiger partial charge in [0.15, 0.2) is 5.13 Å². The summed E-state index contributed by atoms with van der Waals surface area (Å²) < 4.78 is 27.5. The quantitative estimate of drug-likeness (QED) is 0.178. The summed E-state index contributed by atoms with van der Waals surface area (Å²) in [5.74, 6) is -0.301. The Morgan fingerprint density at radius 3 is 2.57 bits per heavy atom. The molecule has 2 heterocycles. The number of esters is 1. The van der Waals surface area contributed by atoms with Crippen molar-refractivity contribution in [2.75, 3.05) is 16.6 Å². The third-order valence-corrected chi connectivity index (χ3v) is 7.12. The van der Waals surface area contributed by atoms with Crippen molar-refractivity contribution in [1.29, 1.82) is 0 Å². The molecule has 0 radical (unpaired) electrons.